The monoisotopic (exact) mass is 289 g/mol. The number of likely N-dealkylation sites (tertiary alicyclic amines) is 1. The second-order valence-electron chi connectivity index (χ2n) is 5.97. The number of carbonyl (C=O) groups is 1. The second-order valence-corrected chi connectivity index (χ2v) is 7.02. The predicted octanol–water partition coefficient (Wildman–Crippen LogP) is 3.05. The lowest BCUT2D eigenvalue weighted by molar-refractivity contribution is -0.110. The molecule has 20 heavy (non-hydrogen) atoms. The van der Waals surface area contributed by atoms with Gasteiger partial charge in [0, 0.05) is 4.70 Å². The van der Waals surface area contributed by atoms with Crippen LogP contribution in [0.15, 0.2) is 24.3 Å². The van der Waals surface area contributed by atoms with Crippen molar-refractivity contribution < 1.29 is 9.90 Å². The van der Waals surface area contributed by atoms with Crippen molar-refractivity contribution in [2.45, 2.75) is 26.4 Å². The molecular formula is C16H19NO2S. The number of carbonyl (C=O) groups excluding carboxylic acids is 1. The quantitative estimate of drug-likeness (QED) is 0.923. The van der Waals surface area contributed by atoms with Crippen LogP contribution in [0.4, 0.5) is 0 Å². The maximum atomic E-state index is 12.6. The minimum Gasteiger partial charge on any atom is -0.386 e. The molecule has 3 nitrogen and oxygen atoms in total. The minimum atomic E-state index is -0.708. The Bertz CT molecular complexity index is 668. The van der Waals surface area contributed by atoms with Gasteiger partial charge in [-0.05, 0) is 29.9 Å². The molecule has 0 saturated carbocycles. The number of hydrogen-bond donors (Lipinski definition) is 1. The van der Waals surface area contributed by atoms with Gasteiger partial charge >= 0.3 is 0 Å². The van der Waals surface area contributed by atoms with Crippen LogP contribution >= 0.6 is 11.3 Å². The van der Waals surface area contributed by atoms with Gasteiger partial charge in [-0.25, -0.2) is 0 Å². The molecule has 1 aliphatic rings. The molecule has 0 unspecified atom stereocenters. The van der Waals surface area contributed by atoms with Crippen molar-refractivity contribution >= 4 is 27.3 Å². The van der Waals surface area contributed by atoms with Gasteiger partial charge < -0.3 is 10.0 Å². The van der Waals surface area contributed by atoms with Gasteiger partial charge in [-0.3, -0.25) is 4.79 Å². The summed E-state index contributed by atoms with van der Waals surface area (Å²) in [5.74, 6) is 0.226. The van der Waals surface area contributed by atoms with E-state index in [1.54, 1.807) is 16.2 Å². The van der Waals surface area contributed by atoms with E-state index in [1.165, 1.54) is 0 Å². The number of rotatable bonds is 2. The first-order chi connectivity index (χ1) is 9.42. The summed E-state index contributed by atoms with van der Waals surface area (Å²) in [5.41, 5.74) is 0.343. The molecule has 0 spiro atoms. The fourth-order valence-corrected chi connectivity index (χ4v) is 3.82. The molecule has 0 bridgehead atoms. The molecule has 1 aromatic carbocycles. The first-order valence-electron chi connectivity index (χ1n) is 6.92. The number of amides is 1. The third kappa shape index (κ3) is 1.95. The summed E-state index contributed by atoms with van der Waals surface area (Å²) in [7, 11) is 0. The standard InChI is InChI=1S/C16H19NO2S/c1-10(2)16(19)8-17(9-16)15(18)14-11(3)12-6-4-5-7-13(12)20-14/h4-7,10,19H,8-9H2,1-3H3. The van der Waals surface area contributed by atoms with Crippen molar-refractivity contribution in [3.05, 3.63) is 34.7 Å². The molecule has 1 aliphatic heterocycles. The first kappa shape index (κ1) is 13.6. The average Bonchev–Trinajstić information content (AvgIpc) is 2.72. The smallest absolute Gasteiger partial charge is 0.264 e. The molecule has 4 heteroatoms. The molecule has 0 atom stereocenters. The van der Waals surface area contributed by atoms with Crippen LogP contribution in [0.25, 0.3) is 10.1 Å². The molecule has 1 amide bonds. The zero-order valence-corrected chi connectivity index (χ0v) is 12.8. The molecule has 106 valence electrons. The molecule has 1 N–H and O–H groups in total. The van der Waals surface area contributed by atoms with Crippen molar-refractivity contribution in [2.24, 2.45) is 5.92 Å². The molecule has 1 fully saturated rings. The normalized spacial score (nSPS) is 17.6. The highest BCUT2D eigenvalue weighted by Gasteiger charge is 2.46. The van der Waals surface area contributed by atoms with Crippen LogP contribution in [-0.4, -0.2) is 34.6 Å². The lowest BCUT2D eigenvalue weighted by Crippen LogP contribution is -2.65. The summed E-state index contributed by atoms with van der Waals surface area (Å²) < 4.78 is 1.15. The molecule has 2 aromatic rings. The van der Waals surface area contributed by atoms with Gasteiger partial charge in [0.1, 0.15) is 5.60 Å². The van der Waals surface area contributed by atoms with Crippen LogP contribution in [0, 0.1) is 12.8 Å². The minimum absolute atomic E-state index is 0.0500. The van der Waals surface area contributed by atoms with E-state index >= 15 is 0 Å². The summed E-state index contributed by atoms with van der Waals surface area (Å²) in [6.45, 7) is 6.87. The maximum Gasteiger partial charge on any atom is 0.264 e. The van der Waals surface area contributed by atoms with Crippen LogP contribution in [0.3, 0.4) is 0 Å². The van der Waals surface area contributed by atoms with Crippen LogP contribution in [0.1, 0.15) is 29.1 Å². The number of hydrogen-bond acceptors (Lipinski definition) is 3. The zero-order chi connectivity index (χ0) is 14.5. The third-order valence-corrected chi connectivity index (χ3v) is 5.59. The van der Waals surface area contributed by atoms with Gasteiger partial charge in [-0.1, -0.05) is 32.0 Å². The predicted molar refractivity (Wildman–Crippen MR) is 82.3 cm³/mol. The Morgan fingerprint density at radius 3 is 2.60 bits per heavy atom. The van der Waals surface area contributed by atoms with E-state index in [-0.39, 0.29) is 11.8 Å². The van der Waals surface area contributed by atoms with Crippen LogP contribution in [-0.2, 0) is 0 Å². The summed E-state index contributed by atoms with van der Waals surface area (Å²) in [4.78, 5) is 15.1. The Labute approximate surface area is 122 Å². The first-order valence-corrected chi connectivity index (χ1v) is 7.74. The lowest BCUT2D eigenvalue weighted by Gasteiger charge is -2.48. The van der Waals surface area contributed by atoms with E-state index in [0.29, 0.717) is 13.1 Å². The molecule has 0 radical (unpaired) electrons. The fraction of sp³-hybridized carbons (Fsp3) is 0.438. The highest BCUT2D eigenvalue weighted by molar-refractivity contribution is 7.21. The number of β-amino-alcohol motifs (C(OH)–C–C–N with tert-alkyl or cyclic N) is 1. The Hall–Kier alpha value is -1.39. The molecule has 0 aliphatic carbocycles. The summed E-state index contributed by atoms with van der Waals surface area (Å²) in [5, 5.41) is 11.4. The average molecular weight is 289 g/mol. The highest BCUT2D eigenvalue weighted by Crippen LogP contribution is 2.35. The van der Waals surface area contributed by atoms with Gasteiger partial charge in [0.25, 0.3) is 5.91 Å². The number of aryl methyl sites for hydroxylation is 1. The largest absolute Gasteiger partial charge is 0.386 e. The van der Waals surface area contributed by atoms with Crippen LogP contribution in [0.5, 0.6) is 0 Å². The number of fused-ring (bicyclic) bond motifs is 1. The van der Waals surface area contributed by atoms with Crippen molar-refractivity contribution in [1.82, 2.24) is 4.90 Å². The van der Waals surface area contributed by atoms with Crippen molar-refractivity contribution in [2.75, 3.05) is 13.1 Å². The number of thiophene rings is 1. The Morgan fingerprint density at radius 1 is 1.35 bits per heavy atom. The number of nitrogens with zero attached hydrogens (tertiary/aromatic N) is 1. The zero-order valence-electron chi connectivity index (χ0n) is 12.0. The SMILES string of the molecule is Cc1c(C(=O)N2CC(O)(C(C)C)C2)sc2ccccc12. The van der Waals surface area contributed by atoms with E-state index in [9.17, 15) is 9.90 Å². The van der Waals surface area contributed by atoms with E-state index in [0.717, 1.165) is 20.5 Å². The molecule has 2 heterocycles. The summed E-state index contributed by atoms with van der Waals surface area (Å²) in [6.07, 6.45) is 0. The number of aliphatic hydroxyl groups is 1. The van der Waals surface area contributed by atoms with Crippen LogP contribution < -0.4 is 0 Å². The van der Waals surface area contributed by atoms with E-state index in [1.807, 2.05) is 39.0 Å². The van der Waals surface area contributed by atoms with Crippen molar-refractivity contribution in [3.8, 4) is 0 Å². The van der Waals surface area contributed by atoms with Gasteiger partial charge in [-0.2, -0.15) is 0 Å². The summed E-state index contributed by atoms with van der Waals surface area (Å²) >= 11 is 1.55. The number of benzene rings is 1. The van der Waals surface area contributed by atoms with E-state index < -0.39 is 5.60 Å². The molecular weight excluding hydrogens is 270 g/mol. The van der Waals surface area contributed by atoms with Gasteiger partial charge in [0.2, 0.25) is 0 Å². The Kier molecular flexibility index (Phi) is 3.10. The third-order valence-electron chi connectivity index (χ3n) is 4.33. The van der Waals surface area contributed by atoms with E-state index in [4.69, 9.17) is 0 Å². The fourth-order valence-electron chi connectivity index (χ4n) is 2.65. The topological polar surface area (TPSA) is 40.5 Å². The molecule has 1 saturated heterocycles. The van der Waals surface area contributed by atoms with Crippen LogP contribution in [0.2, 0.25) is 0 Å². The highest BCUT2D eigenvalue weighted by atomic mass is 32.1. The van der Waals surface area contributed by atoms with Crippen molar-refractivity contribution in [1.29, 1.82) is 0 Å². The lowest BCUT2D eigenvalue weighted by atomic mass is 9.83. The Morgan fingerprint density at radius 2 is 2.00 bits per heavy atom. The molecule has 1 aromatic heterocycles. The second kappa shape index (κ2) is 4.57. The van der Waals surface area contributed by atoms with Gasteiger partial charge in [0.15, 0.2) is 0 Å². The van der Waals surface area contributed by atoms with E-state index in [2.05, 4.69) is 6.07 Å². The summed E-state index contributed by atoms with van der Waals surface area (Å²) in [6, 6.07) is 8.09. The Balaban J connectivity index is 1.86. The molecule has 3 rings (SSSR count). The maximum absolute atomic E-state index is 12.6. The van der Waals surface area contributed by atoms with Gasteiger partial charge in [0.05, 0.1) is 18.0 Å². The van der Waals surface area contributed by atoms with Crippen molar-refractivity contribution in [3.63, 3.8) is 0 Å². The van der Waals surface area contributed by atoms with Gasteiger partial charge in [-0.15, -0.1) is 11.3 Å².